The number of anilines is 4. The topological polar surface area (TPSA) is 74.8 Å². The van der Waals surface area contributed by atoms with Gasteiger partial charge in [0.15, 0.2) is 0 Å². The molecule has 0 bridgehead atoms. The first-order valence-electron chi connectivity index (χ1n) is 12.0. The maximum absolute atomic E-state index is 14.0. The van der Waals surface area contributed by atoms with Gasteiger partial charge in [0.1, 0.15) is 0 Å². The van der Waals surface area contributed by atoms with Crippen LogP contribution in [-0.2, 0) is 20.0 Å². The molecular formula is C30H20N2O4S2. The average molecular weight is 537 g/mol. The van der Waals surface area contributed by atoms with Crippen molar-refractivity contribution in [1.29, 1.82) is 0 Å². The molecule has 0 spiro atoms. The highest BCUT2D eigenvalue weighted by molar-refractivity contribution is 7.93. The van der Waals surface area contributed by atoms with E-state index in [9.17, 15) is 16.8 Å². The largest absolute Gasteiger partial charge is 0.269 e. The van der Waals surface area contributed by atoms with Gasteiger partial charge in [0.2, 0.25) is 0 Å². The highest BCUT2D eigenvalue weighted by atomic mass is 32.2. The summed E-state index contributed by atoms with van der Waals surface area (Å²) in [6, 6.07) is 35.1. The van der Waals surface area contributed by atoms with Crippen LogP contribution >= 0.6 is 0 Å². The van der Waals surface area contributed by atoms with Crippen molar-refractivity contribution >= 4 is 42.8 Å². The molecule has 2 heterocycles. The van der Waals surface area contributed by atoms with Crippen LogP contribution in [-0.4, -0.2) is 16.8 Å². The Hall–Kier alpha value is -4.40. The summed E-state index contributed by atoms with van der Waals surface area (Å²) in [6.45, 7) is 0. The fourth-order valence-electron chi connectivity index (χ4n) is 5.31. The van der Waals surface area contributed by atoms with Gasteiger partial charge in [-0.25, -0.2) is 25.4 Å². The van der Waals surface area contributed by atoms with Crippen LogP contribution in [0.15, 0.2) is 131 Å². The van der Waals surface area contributed by atoms with E-state index in [1.54, 1.807) is 109 Å². The molecule has 0 aliphatic carbocycles. The Labute approximate surface area is 221 Å². The Morgan fingerprint density at radius 1 is 0.395 bits per heavy atom. The number of fused-ring (bicyclic) bond motifs is 6. The molecule has 0 fully saturated rings. The zero-order chi connectivity index (χ0) is 26.1. The van der Waals surface area contributed by atoms with Gasteiger partial charge in [-0.1, -0.05) is 72.8 Å². The summed E-state index contributed by atoms with van der Waals surface area (Å²) >= 11 is 0. The number of nitrogens with zero attached hydrogens (tertiary/aromatic N) is 2. The molecule has 0 amide bonds. The summed E-state index contributed by atoms with van der Waals surface area (Å²) in [5, 5.41) is 0. The second kappa shape index (κ2) is 8.05. The van der Waals surface area contributed by atoms with E-state index in [0.29, 0.717) is 45.0 Å². The van der Waals surface area contributed by atoms with Gasteiger partial charge in [0.05, 0.1) is 32.5 Å². The lowest BCUT2D eigenvalue weighted by Crippen LogP contribution is -2.32. The van der Waals surface area contributed by atoms with Gasteiger partial charge in [0.25, 0.3) is 20.0 Å². The van der Waals surface area contributed by atoms with E-state index in [4.69, 9.17) is 0 Å². The quantitative estimate of drug-likeness (QED) is 0.252. The molecule has 38 heavy (non-hydrogen) atoms. The number of hydrogen-bond donors (Lipinski definition) is 0. The molecule has 0 N–H and O–H groups in total. The fourth-order valence-corrected chi connectivity index (χ4v) is 8.74. The van der Waals surface area contributed by atoms with Crippen LogP contribution < -0.4 is 8.61 Å². The molecule has 2 aliphatic rings. The van der Waals surface area contributed by atoms with Gasteiger partial charge < -0.3 is 0 Å². The van der Waals surface area contributed by atoms with Crippen LogP contribution in [0.25, 0.3) is 22.3 Å². The molecule has 5 aromatic rings. The van der Waals surface area contributed by atoms with Crippen molar-refractivity contribution in [3.63, 3.8) is 0 Å². The monoisotopic (exact) mass is 536 g/mol. The first kappa shape index (κ1) is 22.8. The van der Waals surface area contributed by atoms with Crippen molar-refractivity contribution in [1.82, 2.24) is 0 Å². The predicted octanol–water partition coefficient (Wildman–Crippen LogP) is 6.70. The van der Waals surface area contributed by atoms with Crippen molar-refractivity contribution in [2.24, 2.45) is 0 Å². The SMILES string of the molecule is O=S1(=O)c2ccccc2-c2cc3c(cc2N1c1ccccc1)-c1ccccc1S(=O)(=O)N3c1ccccc1. The van der Waals surface area contributed by atoms with Crippen LogP contribution in [0.5, 0.6) is 0 Å². The molecule has 6 nitrogen and oxygen atoms in total. The molecule has 0 saturated heterocycles. The summed E-state index contributed by atoms with van der Waals surface area (Å²) < 4.78 is 58.7. The second-order valence-corrected chi connectivity index (χ2v) is 12.6. The Balaban J connectivity index is 1.62. The van der Waals surface area contributed by atoms with Gasteiger partial charge in [-0.3, -0.25) is 0 Å². The van der Waals surface area contributed by atoms with Gasteiger partial charge in [0, 0.05) is 22.3 Å². The van der Waals surface area contributed by atoms with Gasteiger partial charge >= 0.3 is 0 Å². The standard InChI is InChI=1S/C30H20N2O4S2/c33-37(34)29-17-9-7-15-23(29)25-20-28-26(19-27(25)31(37)21-11-3-1-4-12-21)24-16-8-10-18-30(24)38(35,36)32(28)22-13-5-2-6-14-22/h1-20H. The number of rotatable bonds is 2. The van der Waals surface area contributed by atoms with E-state index in [-0.39, 0.29) is 9.79 Å². The summed E-state index contributed by atoms with van der Waals surface area (Å²) in [6.07, 6.45) is 0. The van der Waals surface area contributed by atoms with Crippen molar-refractivity contribution in [2.45, 2.75) is 9.79 Å². The Bertz CT molecular complexity index is 1810. The molecule has 0 aromatic heterocycles. The highest BCUT2D eigenvalue weighted by Crippen LogP contribution is 2.54. The molecule has 0 atom stereocenters. The van der Waals surface area contributed by atoms with Crippen molar-refractivity contribution in [2.75, 3.05) is 8.61 Å². The zero-order valence-corrected chi connectivity index (χ0v) is 21.5. The minimum atomic E-state index is -3.94. The van der Waals surface area contributed by atoms with Crippen LogP contribution in [0.1, 0.15) is 0 Å². The van der Waals surface area contributed by atoms with Crippen LogP contribution in [0.4, 0.5) is 22.7 Å². The maximum atomic E-state index is 14.0. The Morgan fingerprint density at radius 3 is 1.13 bits per heavy atom. The third kappa shape index (κ3) is 3.11. The summed E-state index contributed by atoms with van der Waals surface area (Å²) in [4.78, 5) is 0.336. The van der Waals surface area contributed by atoms with Crippen LogP contribution in [0.3, 0.4) is 0 Å². The predicted molar refractivity (Wildman–Crippen MR) is 149 cm³/mol. The van der Waals surface area contributed by atoms with E-state index in [1.807, 2.05) is 12.1 Å². The molecular weight excluding hydrogens is 516 g/mol. The summed E-state index contributed by atoms with van der Waals surface area (Å²) in [5.41, 5.74) is 4.26. The third-order valence-corrected chi connectivity index (χ3v) is 10.5. The zero-order valence-electron chi connectivity index (χ0n) is 19.9. The van der Waals surface area contributed by atoms with E-state index in [2.05, 4.69) is 0 Å². The molecule has 8 heteroatoms. The van der Waals surface area contributed by atoms with Gasteiger partial charge in [-0.05, 0) is 48.5 Å². The molecule has 0 radical (unpaired) electrons. The summed E-state index contributed by atoms with van der Waals surface area (Å²) in [5.74, 6) is 0. The molecule has 7 rings (SSSR count). The molecule has 5 aromatic carbocycles. The minimum Gasteiger partial charge on any atom is -0.234 e. The average Bonchev–Trinajstić information content (AvgIpc) is 2.94. The lowest BCUT2D eigenvalue weighted by atomic mass is 9.95. The van der Waals surface area contributed by atoms with Gasteiger partial charge in [-0.15, -0.1) is 0 Å². The lowest BCUT2D eigenvalue weighted by molar-refractivity contribution is 0.593. The Kier molecular flexibility index (Phi) is 4.82. The summed E-state index contributed by atoms with van der Waals surface area (Å²) in [7, 11) is -7.88. The van der Waals surface area contributed by atoms with Crippen LogP contribution in [0.2, 0.25) is 0 Å². The third-order valence-electron chi connectivity index (χ3n) is 6.92. The minimum absolute atomic E-state index is 0.168. The lowest BCUT2D eigenvalue weighted by Gasteiger charge is -2.37. The first-order valence-corrected chi connectivity index (χ1v) is 14.8. The van der Waals surface area contributed by atoms with E-state index < -0.39 is 20.0 Å². The van der Waals surface area contributed by atoms with Crippen molar-refractivity contribution in [3.8, 4) is 22.3 Å². The van der Waals surface area contributed by atoms with Crippen LogP contribution in [0, 0.1) is 0 Å². The number of hydrogen-bond acceptors (Lipinski definition) is 4. The number of benzene rings is 5. The van der Waals surface area contributed by atoms with E-state index >= 15 is 0 Å². The van der Waals surface area contributed by atoms with Crippen molar-refractivity contribution in [3.05, 3.63) is 121 Å². The van der Waals surface area contributed by atoms with E-state index in [1.165, 1.54) is 8.61 Å². The Morgan fingerprint density at radius 2 is 0.737 bits per heavy atom. The highest BCUT2D eigenvalue weighted by Gasteiger charge is 2.41. The molecule has 2 aliphatic heterocycles. The number of para-hydroxylation sites is 2. The second-order valence-electron chi connectivity index (χ2n) is 9.09. The van der Waals surface area contributed by atoms with E-state index in [0.717, 1.165) is 0 Å². The molecule has 0 unspecified atom stereocenters. The van der Waals surface area contributed by atoms with Crippen molar-refractivity contribution < 1.29 is 16.8 Å². The molecule has 186 valence electrons. The maximum Gasteiger partial charge on any atom is 0.269 e. The first-order chi connectivity index (χ1) is 18.4. The normalized spacial score (nSPS) is 16.1. The molecule has 0 saturated carbocycles. The fraction of sp³-hybridized carbons (Fsp3) is 0. The smallest absolute Gasteiger partial charge is 0.234 e. The van der Waals surface area contributed by atoms with Gasteiger partial charge in [-0.2, -0.15) is 0 Å². The number of sulfonamides is 2.